The summed E-state index contributed by atoms with van der Waals surface area (Å²) in [5.74, 6) is 1.07. The van der Waals surface area contributed by atoms with Crippen molar-refractivity contribution < 1.29 is 0 Å². The number of anilines is 1. The molecule has 1 atom stereocenters. The molecule has 2 nitrogen and oxygen atoms in total. The Bertz CT molecular complexity index is 356. The predicted molar refractivity (Wildman–Crippen MR) is 72.6 cm³/mol. The predicted octanol–water partition coefficient (Wildman–Crippen LogP) is 3.72. The zero-order valence-corrected chi connectivity index (χ0v) is 11.6. The average Bonchev–Trinajstić information content (AvgIpc) is 2.23. The van der Waals surface area contributed by atoms with Crippen molar-refractivity contribution in [1.82, 2.24) is 4.98 Å². The largest absolute Gasteiger partial charge is 0.354 e. The summed E-state index contributed by atoms with van der Waals surface area (Å²) in [6, 6.07) is 2.67. The molecule has 15 heavy (non-hydrogen) atoms. The highest BCUT2D eigenvalue weighted by atomic mass is 127. The fourth-order valence-corrected chi connectivity index (χ4v) is 2.52. The lowest BCUT2D eigenvalue weighted by molar-refractivity contribution is 0.481. The van der Waals surface area contributed by atoms with E-state index >= 15 is 0 Å². The average molecular weight is 337 g/mol. The van der Waals surface area contributed by atoms with Crippen molar-refractivity contribution >= 4 is 40.0 Å². The second-order valence-electron chi connectivity index (χ2n) is 3.99. The van der Waals surface area contributed by atoms with E-state index in [0.717, 1.165) is 21.0 Å². The number of hydrogen-bond acceptors (Lipinski definition) is 2. The first-order valence-electron chi connectivity index (χ1n) is 5.26. The third kappa shape index (κ3) is 2.56. The highest BCUT2D eigenvalue weighted by Crippen LogP contribution is 2.26. The van der Waals surface area contributed by atoms with Crippen LogP contribution in [0.2, 0.25) is 5.02 Å². The van der Waals surface area contributed by atoms with Crippen molar-refractivity contribution in [3.05, 3.63) is 20.9 Å². The Morgan fingerprint density at radius 1 is 1.53 bits per heavy atom. The van der Waals surface area contributed by atoms with E-state index in [1.165, 1.54) is 19.3 Å². The molecule has 0 bridgehead atoms. The maximum Gasteiger partial charge on any atom is 0.129 e. The molecule has 0 saturated carbocycles. The van der Waals surface area contributed by atoms with Gasteiger partial charge in [0.15, 0.2) is 0 Å². The van der Waals surface area contributed by atoms with Crippen molar-refractivity contribution in [1.29, 1.82) is 0 Å². The van der Waals surface area contributed by atoms with Crippen molar-refractivity contribution in [2.45, 2.75) is 32.2 Å². The molecule has 2 heterocycles. The van der Waals surface area contributed by atoms with E-state index in [4.69, 9.17) is 11.6 Å². The van der Waals surface area contributed by atoms with Crippen LogP contribution in [0.15, 0.2) is 12.3 Å². The number of pyridine rings is 1. The van der Waals surface area contributed by atoms with Crippen molar-refractivity contribution in [2.75, 3.05) is 11.4 Å². The minimum Gasteiger partial charge on any atom is -0.354 e. The Labute approximate surface area is 109 Å². The van der Waals surface area contributed by atoms with E-state index in [2.05, 4.69) is 45.5 Å². The second-order valence-corrected chi connectivity index (χ2v) is 5.56. The molecular weight excluding hydrogens is 322 g/mol. The first-order valence-corrected chi connectivity index (χ1v) is 6.72. The molecule has 4 heteroatoms. The van der Waals surface area contributed by atoms with Crippen molar-refractivity contribution in [3.8, 4) is 0 Å². The second kappa shape index (κ2) is 4.87. The van der Waals surface area contributed by atoms with Gasteiger partial charge in [-0.25, -0.2) is 4.98 Å². The van der Waals surface area contributed by atoms with Gasteiger partial charge in [-0.05, 0) is 54.8 Å². The SMILES string of the molecule is C[C@H]1CCCCN1c1cc(I)c(Cl)cn1. The minimum absolute atomic E-state index is 0.600. The molecule has 2 rings (SSSR count). The van der Waals surface area contributed by atoms with E-state index in [0.29, 0.717) is 6.04 Å². The number of hydrogen-bond donors (Lipinski definition) is 0. The van der Waals surface area contributed by atoms with E-state index in [9.17, 15) is 0 Å². The first kappa shape index (κ1) is 11.5. The molecule has 1 aromatic rings. The molecule has 0 unspecified atom stereocenters. The van der Waals surface area contributed by atoms with Gasteiger partial charge in [-0.1, -0.05) is 11.6 Å². The molecule has 0 spiro atoms. The van der Waals surface area contributed by atoms with Crippen LogP contribution in [0.25, 0.3) is 0 Å². The monoisotopic (exact) mass is 336 g/mol. The molecular formula is C11H14ClIN2. The summed E-state index contributed by atoms with van der Waals surface area (Å²) in [5, 5.41) is 0.740. The molecule has 0 amide bonds. The molecule has 0 aromatic carbocycles. The van der Waals surface area contributed by atoms with E-state index in [1.807, 2.05) is 0 Å². The lowest BCUT2D eigenvalue weighted by atomic mass is 10.0. The summed E-state index contributed by atoms with van der Waals surface area (Å²) in [5.41, 5.74) is 0. The minimum atomic E-state index is 0.600. The van der Waals surface area contributed by atoms with Crippen molar-refractivity contribution in [2.24, 2.45) is 0 Å². The number of nitrogens with zero attached hydrogens (tertiary/aromatic N) is 2. The van der Waals surface area contributed by atoms with E-state index < -0.39 is 0 Å². The highest BCUT2D eigenvalue weighted by molar-refractivity contribution is 14.1. The fraction of sp³-hybridized carbons (Fsp3) is 0.545. The van der Waals surface area contributed by atoms with Crippen LogP contribution in [0.1, 0.15) is 26.2 Å². The molecule has 0 aliphatic carbocycles. The van der Waals surface area contributed by atoms with Gasteiger partial charge in [0, 0.05) is 22.4 Å². The third-order valence-electron chi connectivity index (χ3n) is 2.89. The molecule has 1 aliphatic rings. The lowest BCUT2D eigenvalue weighted by Crippen LogP contribution is -2.37. The van der Waals surface area contributed by atoms with Crippen molar-refractivity contribution in [3.63, 3.8) is 0 Å². The molecule has 1 saturated heterocycles. The third-order valence-corrected chi connectivity index (χ3v) is 4.40. The lowest BCUT2D eigenvalue weighted by Gasteiger charge is -2.34. The maximum absolute atomic E-state index is 5.97. The molecule has 0 N–H and O–H groups in total. The first-order chi connectivity index (χ1) is 7.18. The summed E-state index contributed by atoms with van der Waals surface area (Å²) in [7, 11) is 0. The quantitative estimate of drug-likeness (QED) is 0.727. The van der Waals surface area contributed by atoms with Crippen LogP contribution >= 0.6 is 34.2 Å². The standard InChI is InChI=1S/C11H14ClIN2/c1-8-4-2-3-5-15(8)11-6-10(13)9(12)7-14-11/h6-8H,2-5H2,1H3/t8-/m0/s1. The van der Waals surface area contributed by atoms with E-state index in [-0.39, 0.29) is 0 Å². The summed E-state index contributed by atoms with van der Waals surface area (Å²) in [6.07, 6.45) is 5.62. The van der Waals surface area contributed by atoms with Gasteiger partial charge in [0.05, 0.1) is 5.02 Å². The summed E-state index contributed by atoms with van der Waals surface area (Å²) in [4.78, 5) is 6.78. The number of piperidine rings is 1. The van der Waals surface area contributed by atoms with Crippen LogP contribution in [0.4, 0.5) is 5.82 Å². The van der Waals surface area contributed by atoms with Crippen LogP contribution in [0, 0.1) is 3.57 Å². The summed E-state index contributed by atoms with van der Waals surface area (Å²) >= 11 is 8.22. The Kier molecular flexibility index (Phi) is 3.72. The highest BCUT2D eigenvalue weighted by Gasteiger charge is 2.19. The van der Waals surface area contributed by atoms with Gasteiger partial charge in [0.25, 0.3) is 0 Å². The molecule has 82 valence electrons. The fourth-order valence-electron chi connectivity index (χ4n) is 2.00. The topological polar surface area (TPSA) is 16.1 Å². The van der Waals surface area contributed by atoms with Gasteiger partial charge in [-0.3, -0.25) is 0 Å². The summed E-state index contributed by atoms with van der Waals surface area (Å²) in [6.45, 7) is 3.38. The van der Waals surface area contributed by atoms with Gasteiger partial charge in [-0.2, -0.15) is 0 Å². The van der Waals surface area contributed by atoms with Gasteiger partial charge in [-0.15, -0.1) is 0 Å². The molecule has 1 aliphatic heterocycles. The number of rotatable bonds is 1. The molecule has 1 fully saturated rings. The van der Waals surface area contributed by atoms with Crippen LogP contribution in [0.5, 0.6) is 0 Å². The zero-order chi connectivity index (χ0) is 10.8. The van der Waals surface area contributed by atoms with Gasteiger partial charge < -0.3 is 4.90 Å². The van der Waals surface area contributed by atoms with Crippen LogP contribution in [-0.4, -0.2) is 17.6 Å². The normalized spacial score (nSPS) is 21.8. The Morgan fingerprint density at radius 3 is 3.00 bits per heavy atom. The number of halogens is 2. The summed E-state index contributed by atoms with van der Waals surface area (Å²) < 4.78 is 1.08. The van der Waals surface area contributed by atoms with Crippen LogP contribution < -0.4 is 4.90 Å². The van der Waals surface area contributed by atoms with Gasteiger partial charge >= 0.3 is 0 Å². The van der Waals surface area contributed by atoms with Crippen LogP contribution in [0.3, 0.4) is 0 Å². The Hall–Kier alpha value is -0.0300. The van der Waals surface area contributed by atoms with Crippen LogP contribution in [-0.2, 0) is 0 Å². The molecule has 1 aromatic heterocycles. The Balaban J connectivity index is 2.24. The smallest absolute Gasteiger partial charge is 0.129 e. The van der Waals surface area contributed by atoms with Gasteiger partial charge in [0.1, 0.15) is 5.82 Å². The Morgan fingerprint density at radius 2 is 2.33 bits per heavy atom. The molecule has 0 radical (unpaired) electrons. The van der Waals surface area contributed by atoms with Gasteiger partial charge in [0.2, 0.25) is 0 Å². The zero-order valence-electron chi connectivity index (χ0n) is 8.71. The maximum atomic E-state index is 5.97. The van der Waals surface area contributed by atoms with E-state index in [1.54, 1.807) is 6.20 Å². The number of aromatic nitrogens is 1.